The van der Waals surface area contributed by atoms with Gasteiger partial charge in [-0.2, -0.15) is 18.4 Å². The van der Waals surface area contributed by atoms with Gasteiger partial charge in [-0.25, -0.2) is 0 Å². The third-order valence-corrected chi connectivity index (χ3v) is 5.68. The molecule has 2 fully saturated rings. The van der Waals surface area contributed by atoms with Crippen LogP contribution in [0.1, 0.15) is 39.5 Å². The molecule has 1 spiro atoms. The number of carbonyl (C=O) groups excluding carboxylic acids is 2. The van der Waals surface area contributed by atoms with Crippen LogP contribution in [-0.4, -0.2) is 35.9 Å². The lowest BCUT2D eigenvalue weighted by Crippen LogP contribution is -2.66. The van der Waals surface area contributed by atoms with E-state index in [-0.39, 0.29) is 37.3 Å². The van der Waals surface area contributed by atoms with Crippen molar-refractivity contribution in [2.24, 2.45) is 16.2 Å². The second kappa shape index (κ2) is 4.84. The topological polar surface area (TPSA) is 61.2 Å². The highest BCUT2D eigenvalue weighted by molar-refractivity contribution is 6.04. The summed E-state index contributed by atoms with van der Waals surface area (Å²) >= 11 is 0. The minimum Gasteiger partial charge on any atom is -0.340 e. The molecule has 7 heteroatoms. The van der Waals surface area contributed by atoms with Crippen LogP contribution in [0.2, 0.25) is 0 Å². The molecule has 1 heterocycles. The van der Waals surface area contributed by atoms with Crippen molar-refractivity contribution >= 4 is 11.7 Å². The molecule has 2 aliphatic carbocycles. The first-order valence-corrected chi connectivity index (χ1v) is 8.00. The molecule has 1 amide bonds. The molecule has 0 radical (unpaired) electrons. The number of nitriles is 1. The summed E-state index contributed by atoms with van der Waals surface area (Å²) in [6.07, 6.45) is -2.42. The van der Waals surface area contributed by atoms with Gasteiger partial charge in [-0.15, -0.1) is 0 Å². The lowest BCUT2D eigenvalue weighted by Gasteiger charge is -2.56. The van der Waals surface area contributed by atoms with Crippen LogP contribution >= 0.6 is 0 Å². The smallest absolute Gasteiger partial charge is 0.340 e. The molecule has 0 bridgehead atoms. The first kappa shape index (κ1) is 17.0. The van der Waals surface area contributed by atoms with Crippen LogP contribution in [0.25, 0.3) is 0 Å². The maximum absolute atomic E-state index is 13.3. The molecule has 1 saturated heterocycles. The number of allylic oxidation sites excluding steroid dienone is 1. The van der Waals surface area contributed by atoms with Gasteiger partial charge in [0.2, 0.25) is 5.91 Å². The Kier molecular flexibility index (Phi) is 3.43. The molecule has 0 N–H and O–H groups in total. The van der Waals surface area contributed by atoms with Crippen LogP contribution in [0.3, 0.4) is 0 Å². The van der Waals surface area contributed by atoms with Crippen molar-refractivity contribution in [1.82, 2.24) is 4.90 Å². The maximum atomic E-state index is 13.3. The molecule has 130 valence electrons. The van der Waals surface area contributed by atoms with E-state index in [1.807, 2.05) is 6.07 Å². The highest BCUT2D eigenvalue weighted by Gasteiger charge is 2.66. The SMILES string of the molecule is CC1(C)CC2(C=C(C#N)C1=O)CN(C(=O)C1(C(F)(F)F)CCC1)C2. The number of ketones is 1. The van der Waals surface area contributed by atoms with Gasteiger partial charge in [0.15, 0.2) is 5.78 Å². The summed E-state index contributed by atoms with van der Waals surface area (Å²) < 4.78 is 39.9. The van der Waals surface area contributed by atoms with Crippen LogP contribution in [0.4, 0.5) is 13.2 Å². The molecule has 4 nitrogen and oxygen atoms in total. The van der Waals surface area contributed by atoms with Gasteiger partial charge >= 0.3 is 6.18 Å². The zero-order valence-corrected chi connectivity index (χ0v) is 13.7. The third kappa shape index (κ3) is 2.19. The Morgan fingerprint density at radius 2 is 1.88 bits per heavy atom. The average molecular weight is 340 g/mol. The number of rotatable bonds is 1. The van der Waals surface area contributed by atoms with E-state index in [2.05, 4.69) is 0 Å². The zero-order chi connectivity index (χ0) is 18.0. The Morgan fingerprint density at radius 3 is 2.29 bits per heavy atom. The normalized spacial score (nSPS) is 26.9. The summed E-state index contributed by atoms with van der Waals surface area (Å²) in [7, 11) is 0. The Morgan fingerprint density at radius 1 is 1.29 bits per heavy atom. The van der Waals surface area contributed by atoms with Crippen molar-refractivity contribution in [1.29, 1.82) is 5.26 Å². The van der Waals surface area contributed by atoms with Crippen LogP contribution in [0.5, 0.6) is 0 Å². The summed E-state index contributed by atoms with van der Waals surface area (Å²) in [6, 6.07) is 1.88. The monoisotopic (exact) mass is 340 g/mol. The highest BCUT2D eigenvalue weighted by atomic mass is 19.4. The molecule has 0 aromatic rings. The first-order chi connectivity index (χ1) is 11.0. The van der Waals surface area contributed by atoms with E-state index in [0.717, 1.165) is 0 Å². The van der Waals surface area contributed by atoms with Gasteiger partial charge in [-0.3, -0.25) is 9.59 Å². The predicted octanol–water partition coefficient (Wildman–Crippen LogP) is 3.00. The number of hydrogen-bond acceptors (Lipinski definition) is 3. The van der Waals surface area contributed by atoms with Crippen molar-refractivity contribution in [2.45, 2.75) is 45.7 Å². The van der Waals surface area contributed by atoms with Gasteiger partial charge in [0.1, 0.15) is 11.5 Å². The van der Waals surface area contributed by atoms with Crippen LogP contribution in [-0.2, 0) is 9.59 Å². The molecule has 1 saturated carbocycles. The molecular formula is C17H19F3N2O2. The molecule has 0 aromatic carbocycles. The maximum Gasteiger partial charge on any atom is 0.403 e. The fourth-order valence-corrected chi connectivity index (χ4v) is 4.34. The fourth-order valence-electron chi connectivity index (χ4n) is 4.34. The molecule has 0 unspecified atom stereocenters. The minimum atomic E-state index is -4.53. The van der Waals surface area contributed by atoms with Crippen molar-refractivity contribution in [2.75, 3.05) is 13.1 Å². The predicted molar refractivity (Wildman–Crippen MR) is 78.5 cm³/mol. The van der Waals surface area contributed by atoms with Crippen molar-refractivity contribution < 1.29 is 22.8 Å². The van der Waals surface area contributed by atoms with E-state index >= 15 is 0 Å². The minimum absolute atomic E-state index is 0.0486. The Balaban J connectivity index is 1.80. The Labute approximate surface area is 138 Å². The molecular weight excluding hydrogens is 321 g/mol. The number of alkyl halides is 3. The largest absolute Gasteiger partial charge is 0.403 e. The van der Waals surface area contributed by atoms with Gasteiger partial charge in [-0.05, 0) is 19.3 Å². The van der Waals surface area contributed by atoms with Crippen molar-refractivity contribution in [3.05, 3.63) is 11.6 Å². The van der Waals surface area contributed by atoms with Crippen molar-refractivity contribution in [3.8, 4) is 6.07 Å². The van der Waals surface area contributed by atoms with Crippen LogP contribution in [0, 0.1) is 27.6 Å². The first-order valence-electron chi connectivity index (χ1n) is 8.00. The number of likely N-dealkylation sites (tertiary alicyclic amines) is 1. The standard InChI is InChI=1S/C17H19F3N2O2/c1-14(2)8-15(6-11(7-21)12(14)23)9-22(10-15)13(24)16(4-3-5-16)17(18,19)20/h6H,3-5,8-10H2,1-2H3. The lowest BCUT2D eigenvalue weighted by molar-refractivity contribution is -0.252. The van der Waals surface area contributed by atoms with Gasteiger partial charge < -0.3 is 4.90 Å². The number of carbonyl (C=O) groups is 2. The Hall–Kier alpha value is -1.84. The number of hydrogen-bond donors (Lipinski definition) is 0. The van der Waals surface area contributed by atoms with Gasteiger partial charge in [0.25, 0.3) is 0 Å². The molecule has 1 aliphatic heterocycles. The lowest BCUT2D eigenvalue weighted by atomic mass is 9.60. The average Bonchev–Trinajstić information content (AvgIpc) is 2.35. The highest BCUT2D eigenvalue weighted by Crippen LogP contribution is 2.56. The number of amides is 1. The van der Waals surface area contributed by atoms with E-state index < -0.39 is 28.3 Å². The third-order valence-electron chi connectivity index (χ3n) is 5.68. The Bertz CT molecular complexity index is 675. The molecule has 0 aromatic heterocycles. The molecule has 24 heavy (non-hydrogen) atoms. The number of Topliss-reactive ketones (excluding diaryl/α,β-unsaturated/α-hetero) is 1. The second-order valence-electron chi connectivity index (χ2n) is 8.02. The fraction of sp³-hybridized carbons (Fsp3) is 0.706. The summed E-state index contributed by atoms with van der Waals surface area (Å²) in [5.41, 5.74) is -3.48. The summed E-state index contributed by atoms with van der Waals surface area (Å²) in [4.78, 5) is 25.8. The van der Waals surface area contributed by atoms with E-state index in [9.17, 15) is 22.8 Å². The van der Waals surface area contributed by atoms with Crippen LogP contribution in [0.15, 0.2) is 11.6 Å². The van der Waals surface area contributed by atoms with E-state index in [1.165, 1.54) is 4.90 Å². The zero-order valence-electron chi connectivity index (χ0n) is 13.7. The number of halogens is 3. The van der Waals surface area contributed by atoms with Crippen LogP contribution < -0.4 is 0 Å². The van der Waals surface area contributed by atoms with Gasteiger partial charge in [-0.1, -0.05) is 26.3 Å². The summed E-state index contributed by atoms with van der Waals surface area (Å²) in [5, 5.41) is 9.14. The van der Waals surface area contributed by atoms with Gasteiger partial charge in [0.05, 0.1) is 5.57 Å². The summed E-state index contributed by atoms with van der Waals surface area (Å²) in [5.74, 6) is -1.10. The number of nitrogens with zero attached hydrogens (tertiary/aromatic N) is 2. The summed E-state index contributed by atoms with van der Waals surface area (Å²) in [6.45, 7) is 3.75. The quantitative estimate of drug-likeness (QED) is 0.737. The molecule has 0 atom stereocenters. The van der Waals surface area contributed by atoms with E-state index in [4.69, 9.17) is 5.26 Å². The molecule has 3 rings (SSSR count). The molecule has 3 aliphatic rings. The van der Waals surface area contributed by atoms with Gasteiger partial charge in [0, 0.05) is 23.9 Å². The second-order valence-corrected chi connectivity index (χ2v) is 8.02. The van der Waals surface area contributed by atoms with Crippen molar-refractivity contribution in [3.63, 3.8) is 0 Å². The van der Waals surface area contributed by atoms with E-state index in [1.54, 1.807) is 19.9 Å². The van der Waals surface area contributed by atoms with E-state index in [0.29, 0.717) is 12.8 Å².